The Bertz CT molecular complexity index is 465. The van der Waals surface area contributed by atoms with Crippen LogP contribution in [0, 0.1) is 5.92 Å². The van der Waals surface area contributed by atoms with Gasteiger partial charge < -0.3 is 9.84 Å². The summed E-state index contributed by atoms with van der Waals surface area (Å²) in [6.45, 7) is 0.170. The van der Waals surface area contributed by atoms with E-state index in [4.69, 9.17) is 9.73 Å². The van der Waals surface area contributed by atoms with Crippen molar-refractivity contribution in [3.05, 3.63) is 35.9 Å². The molecule has 1 aliphatic carbocycles. The first kappa shape index (κ1) is 14.6. The summed E-state index contributed by atoms with van der Waals surface area (Å²) in [6, 6.07) is 10.3. The minimum atomic E-state index is 0.0483. The lowest BCUT2D eigenvalue weighted by atomic mass is 9.83. The van der Waals surface area contributed by atoms with E-state index in [0.717, 1.165) is 23.8 Å². The van der Waals surface area contributed by atoms with Crippen LogP contribution in [-0.2, 0) is 4.74 Å². The van der Waals surface area contributed by atoms with Crippen LogP contribution < -0.4 is 0 Å². The van der Waals surface area contributed by atoms with Gasteiger partial charge in [-0.05, 0) is 24.5 Å². The number of benzene rings is 1. The number of aliphatic hydroxyl groups is 1. The largest absolute Gasteiger partial charge is 0.472 e. The van der Waals surface area contributed by atoms with Gasteiger partial charge in [0.2, 0.25) is 5.90 Å². The molecule has 0 saturated heterocycles. The van der Waals surface area contributed by atoms with Crippen LogP contribution in [0.15, 0.2) is 35.3 Å². The lowest BCUT2D eigenvalue weighted by Crippen LogP contribution is -2.26. The second-order valence-corrected chi connectivity index (χ2v) is 6.28. The van der Waals surface area contributed by atoms with Crippen molar-refractivity contribution in [3.8, 4) is 0 Å². The molecule has 2 aliphatic rings. The highest BCUT2D eigenvalue weighted by molar-refractivity contribution is 5.95. The van der Waals surface area contributed by atoms with Crippen molar-refractivity contribution in [2.45, 2.75) is 57.1 Å². The Hall–Kier alpha value is -1.35. The first-order chi connectivity index (χ1) is 10.4. The van der Waals surface area contributed by atoms with Crippen molar-refractivity contribution >= 4 is 5.90 Å². The van der Waals surface area contributed by atoms with Crippen LogP contribution in [0.4, 0.5) is 0 Å². The van der Waals surface area contributed by atoms with E-state index in [-0.39, 0.29) is 18.8 Å². The molecule has 1 aromatic rings. The molecular weight excluding hydrogens is 262 g/mol. The maximum Gasteiger partial charge on any atom is 0.216 e. The molecule has 1 aromatic carbocycles. The van der Waals surface area contributed by atoms with Crippen LogP contribution in [0.1, 0.15) is 50.5 Å². The molecule has 0 bridgehead atoms. The van der Waals surface area contributed by atoms with Gasteiger partial charge >= 0.3 is 0 Å². The van der Waals surface area contributed by atoms with Gasteiger partial charge in [0.25, 0.3) is 0 Å². The third kappa shape index (κ3) is 3.65. The fraction of sp³-hybridized carbons (Fsp3) is 0.611. The molecule has 1 fully saturated rings. The summed E-state index contributed by atoms with van der Waals surface area (Å²) >= 11 is 0. The van der Waals surface area contributed by atoms with Crippen molar-refractivity contribution < 1.29 is 9.84 Å². The molecule has 0 unspecified atom stereocenters. The minimum absolute atomic E-state index is 0.0483. The molecule has 1 heterocycles. The van der Waals surface area contributed by atoms with E-state index < -0.39 is 0 Å². The van der Waals surface area contributed by atoms with Crippen molar-refractivity contribution in [2.24, 2.45) is 10.9 Å². The van der Waals surface area contributed by atoms with Gasteiger partial charge in [-0.1, -0.05) is 50.3 Å². The number of hydrogen-bond donors (Lipinski definition) is 1. The number of rotatable bonds is 5. The number of aliphatic imine (C=N–C) groups is 1. The Labute approximate surface area is 127 Å². The minimum Gasteiger partial charge on any atom is -0.472 e. The second-order valence-electron chi connectivity index (χ2n) is 6.28. The zero-order valence-corrected chi connectivity index (χ0v) is 12.6. The van der Waals surface area contributed by atoms with Gasteiger partial charge in [0.05, 0.1) is 6.04 Å². The van der Waals surface area contributed by atoms with Gasteiger partial charge in [-0.3, -0.25) is 0 Å². The SMILES string of the molecule is OCC[C@@H]1OC(c2ccccc2)=N[C@H]1CC1CCCCC1. The predicted molar refractivity (Wildman–Crippen MR) is 84.5 cm³/mol. The highest BCUT2D eigenvalue weighted by Gasteiger charge is 2.33. The Morgan fingerprint density at radius 3 is 2.57 bits per heavy atom. The molecule has 3 nitrogen and oxygen atoms in total. The van der Waals surface area contributed by atoms with E-state index in [9.17, 15) is 5.11 Å². The summed E-state index contributed by atoms with van der Waals surface area (Å²) < 4.78 is 6.03. The van der Waals surface area contributed by atoms with Gasteiger partial charge in [-0.15, -0.1) is 0 Å². The average molecular weight is 287 g/mol. The first-order valence-corrected chi connectivity index (χ1v) is 8.27. The molecule has 2 atom stereocenters. The van der Waals surface area contributed by atoms with Crippen molar-refractivity contribution in [3.63, 3.8) is 0 Å². The summed E-state index contributed by atoms with van der Waals surface area (Å²) in [5.41, 5.74) is 1.05. The van der Waals surface area contributed by atoms with Crippen LogP contribution in [0.3, 0.4) is 0 Å². The molecule has 3 rings (SSSR count). The van der Waals surface area contributed by atoms with Crippen molar-refractivity contribution in [2.75, 3.05) is 6.61 Å². The highest BCUT2D eigenvalue weighted by Crippen LogP contribution is 2.32. The lowest BCUT2D eigenvalue weighted by Gasteiger charge is -2.25. The van der Waals surface area contributed by atoms with Gasteiger partial charge in [-0.25, -0.2) is 4.99 Å². The van der Waals surface area contributed by atoms with E-state index in [0.29, 0.717) is 6.42 Å². The molecule has 0 aromatic heterocycles. The maximum atomic E-state index is 9.28. The molecule has 1 N–H and O–H groups in total. The summed E-state index contributed by atoms with van der Waals surface area (Å²) in [5, 5.41) is 9.28. The topological polar surface area (TPSA) is 41.8 Å². The van der Waals surface area contributed by atoms with E-state index in [1.165, 1.54) is 32.1 Å². The third-order valence-corrected chi connectivity index (χ3v) is 4.71. The Kier molecular flexibility index (Phi) is 4.91. The number of ether oxygens (including phenoxy) is 1. The predicted octanol–water partition coefficient (Wildman–Crippen LogP) is 3.55. The molecule has 1 saturated carbocycles. The summed E-state index contributed by atoms with van der Waals surface area (Å²) in [6.07, 6.45) is 8.61. The second kappa shape index (κ2) is 7.08. The smallest absolute Gasteiger partial charge is 0.216 e. The van der Waals surface area contributed by atoms with Crippen LogP contribution in [0.25, 0.3) is 0 Å². The summed E-state index contributed by atoms with van der Waals surface area (Å²) in [7, 11) is 0. The van der Waals surface area contributed by atoms with Crippen LogP contribution in [-0.4, -0.2) is 29.8 Å². The van der Waals surface area contributed by atoms with E-state index in [1.807, 2.05) is 30.3 Å². The normalized spacial score (nSPS) is 26.4. The zero-order chi connectivity index (χ0) is 14.5. The Morgan fingerprint density at radius 1 is 1.10 bits per heavy atom. The molecular formula is C18H25NO2. The standard InChI is InChI=1S/C18H25NO2/c20-12-11-17-16(13-14-7-3-1-4-8-14)19-18(21-17)15-9-5-2-6-10-15/h2,5-6,9-10,14,16-17,20H,1,3-4,7-8,11-13H2/t16-,17-/m0/s1. The molecule has 114 valence electrons. The summed E-state index contributed by atoms with van der Waals surface area (Å²) in [5.74, 6) is 1.54. The lowest BCUT2D eigenvalue weighted by molar-refractivity contribution is 0.133. The molecule has 21 heavy (non-hydrogen) atoms. The van der Waals surface area contributed by atoms with Crippen LogP contribution in [0.5, 0.6) is 0 Å². The quantitative estimate of drug-likeness (QED) is 0.899. The molecule has 0 amide bonds. The molecule has 3 heteroatoms. The van der Waals surface area contributed by atoms with E-state index in [1.54, 1.807) is 0 Å². The Balaban J connectivity index is 1.70. The number of nitrogens with zero attached hydrogens (tertiary/aromatic N) is 1. The Morgan fingerprint density at radius 2 is 1.86 bits per heavy atom. The third-order valence-electron chi connectivity index (χ3n) is 4.71. The van der Waals surface area contributed by atoms with Gasteiger partial charge in [-0.2, -0.15) is 0 Å². The maximum absolute atomic E-state index is 9.28. The molecule has 1 aliphatic heterocycles. The van der Waals surface area contributed by atoms with Crippen LogP contribution >= 0.6 is 0 Å². The fourth-order valence-corrected chi connectivity index (χ4v) is 3.56. The van der Waals surface area contributed by atoms with Crippen LogP contribution in [0.2, 0.25) is 0 Å². The van der Waals surface area contributed by atoms with Gasteiger partial charge in [0.15, 0.2) is 0 Å². The average Bonchev–Trinajstić information content (AvgIpc) is 2.93. The van der Waals surface area contributed by atoms with E-state index >= 15 is 0 Å². The van der Waals surface area contributed by atoms with E-state index in [2.05, 4.69) is 0 Å². The van der Waals surface area contributed by atoms with Crippen molar-refractivity contribution in [1.82, 2.24) is 0 Å². The highest BCUT2D eigenvalue weighted by atomic mass is 16.5. The number of hydrogen-bond acceptors (Lipinski definition) is 3. The zero-order valence-electron chi connectivity index (χ0n) is 12.6. The number of aliphatic hydroxyl groups excluding tert-OH is 1. The first-order valence-electron chi connectivity index (χ1n) is 8.27. The monoisotopic (exact) mass is 287 g/mol. The molecule has 0 spiro atoms. The summed E-state index contributed by atoms with van der Waals surface area (Å²) in [4.78, 5) is 4.84. The van der Waals surface area contributed by atoms with Gasteiger partial charge in [0.1, 0.15) is 6.10 Å². The fourth-order valence-electron chi connectivity index (χ4n) is 3.56. The molecule has 0 radical (unpaired) electrons. The van der Waals surface area contributed by atoms with Gasteiger partial charge in [0, 0.05) is 18.6 Å². The van der Waals surface area contributed by atoms with Crippen molar-refractivity contribution in [1.29, 1.82) is 0 Å².